The molecule has 0 bridgehead atoms. The Morgan fingerprint density at radius 1 is 1.14 bits per heavy atom. The number of benzene rings is 1. The lowest BCUT2D eigenvalue weighted by atomic mass is 10.1. The summed E-state index contributed by atoms with van der Waals surface area (Å²) < 4.78 is 1.21. The van der Waals surface area contributed by atoms with Crippen LogP contribution >= 0.6 is 27.7 Å². The molecule has 2 aliphatic rings. The van der Waals surface area contributed by atoms with Gasteiger partial charge < -0.3 is 4.90 Å². The summed E-state index contributed by atoms with van der Waals surface area (Å²) in [6.07, 6.45) is 9.38. The summed E-state index contributed by atoms with van der Waals surface area (Å²) in [5.41, 5.74) is 0. The summed E-state index contributed by atoms with van der Waals surface area (Å²) in [6.45, 7) is 3.91. The molecule has 1 saturated heterocycles. The van der Waals surface area contributed by atoms with E-state index in [0.717, 1.165) is 11.2 Å². The largest absolute Gasteiger partial charge is 0.303 e. The van der Waals surface area contributed by atoms with E-state index in [9.17, 15) is 0 Å². The molecule has 1 aliphatic carbocycles. The Hall–Kier alpha value is -0.580. The lowest BCUT2D eigenvalue weighted by Gasteiger charge is -2.31. The van der Waals surface area contributed by atoms with Crippen molar-refractivity contribution >= 4 is 38.5 Å². The highest BCUT2D eigenvalue weighted by Gasteiger charge is 2.27. The summed E-state index contributed by atoms with van der Waals surface area (Å²) in [5.74, 6) is 1.02. The van der Waals surface area contributed by atoms with Crippen molar-refractivity contribution in [1.29, 1.82) is 0 Å². The number of likely N-dealkylation sites (tertiary alicyclic amines) is 1. The summed E-state index contributed by atoms with van der Waals surface area (Å²) in [4.78, 5) is 8.25. The van der Waals surface area contributed by atoms with Crippen LogP contribution in [0.3, 0.4) is 0 Å². The molecule has 1 aromatic carbocycles. The third-order valence-electron chi connectivity index (χ3n) is 4.73. The molecule has 0 radical (unpaired) electrons. The lowest BCUT2D eigenvalue weighted by Crippen LogP contribution is -2.36. The topological polar surface area (TPSA) is 16.1 Å². The van der Waals surface area contributed by atoms with Crippen molar-refractivity contribution in [3.05, 3.63) is 35.1 Å². The van der Waals surface area contributed by atoms with Crippen molar-refractivity contribution in [2.45, 2.75) is 35.8 Å². The van der Waals surface area contributed by atoms with Gasteiger partial charge in [0.05, 0.1) is 0 Å². The Kier molecular flexibility index (Phi) is 4.43. The third-order valence-corrected chi connectivity index (χ3v) is 7.05. The number of halogens is 1. The quantitative estimate of drug-likeness (QED) is 0.749. The van der Waals surface area contributed by atoms with Crippen LogP contribution in [0.5, 0.6) is 0 Å². The standard InChI is InChI=1S/C18H21BrN2S/c19-17-9-15-11-20-6-3-14(15)10-18(17)22-16-4-7-21(8-5-16)12-13-1-2-13/h3,6,9-11,13,16H,1-2,4-5,7-8,12H2. The lowest BCUT2D eigenvalue weighted by molar-refractivity contribution is 0.224. The predicted molar refractivity (Wildman–Crippen MR) is 97.5 cm³/mol. The second kappa shape index (κ2) is 6.50. The normalized spacial score (nSPS) is 20.6. The first-order chi connectivity index (χ1) is 10.8. The van der Waals surface area contributed by atoms with Crippen LogP contribution in [0.25, 0.3) is 10.8 Å². The molecule has 2 nitrogen and oxygen atoms in total. The number of fused-ring (bicyclic) bond motifs is 1. The summed E-state index contributed by atoms with van der Waals surface area (Å²) in [7, 11) is 0. The fraction of sp³-hybridized carbons (Fsp3) is 0.500. The van der Waals surface area contributed by atoms with Crippen LogP contribution in [0.4, 0.5) is 0 Å². The molecule has 1 saturated carbocycles. The number of nitrogens with zero attached hydrogens (tertiary/aromatic N) is 2. The summed E-state index contributed by atoms with van der Waals surface area (Å²) in [5, 5.41) is 3.25. The van der Waals surface area contributed by atoms with Gasteiger partial charge in [-0.05, 0) is 84.2 Å². The minimum atomic E-state index is 0.756. The Balaban J connectivity index is 1.41. The number of hydrogen-bond donors (Lipinski definition) is 0. The van der Waals surface area contributed by atoms with Gasteiger partial charge in [0, 0.05) is 38.9 Å². The van der Waals surface area contributed by atoms with Crippen LogP contribution in [0.15, 0.2) is 40.0 Å². The van der Waals surface area contributed by atoms with Gasteiger partial charge in [-0.25, -0.2) is 0 Å². The molecule has 4 rings (SSSR count). The SMILES string of the molecule is Brc1cc2cnccc2cc1SC1CCN(CC2CC2)CC1. The first-order valence-electron chi connectivity index (χ1n) is 8.20. The van der Waals surface area contributed by atoms with E-state index in [-0.39, 0.29) is 0 Å². The molecular formula is C18H21BrN2S. The van der Waals surface area contributed by atoms with Crippen molar-refractivity contribution < 1.29 is 0 Å². The van der Waals surface area contributed by atoms with Gasteiger partial charge in [0.15, 0.2) is 0 Å². The molecular weight excluding hydrogens is 356 g/mol. The van der Waals surface area contributed by atoms with E-state index >= 15 is 0 Å². The van der Waals surface area contributed by atoms with Crippen molar-refractivity contribution in [3.63, 3.8) is 0 Å². The minimum Gasteiger partial charge on any atom is -0.303 e. The fourth-order valence-electron chi connectivity index (χ4n) is 3.23. The molecule has 2 heterocycles. The Morgan fingerprint density at radius 2 is 1.95 bits per heavy atom. The fourth-order valence-corrected chi connectivity index (χ4v) is 5.05. The molecule has 2 aromatic rings. The average Bonchev–Trinajstić information content (AvgIpc) is 3.34. The van der Waals surface area contributed by atoms with Crippen LogP contribution in [0.1, 0.15) is 25.7 Å². The number of piperidine rings is 1. The van der Waals surface area contributed by atoms with E-state index in [1.807, 2.05) is 24.2 Å². The van der Waals surface area contributed by atoms with Gasteiger partial charge in [-0.1, -0.05) is 0 Å². The third kappa shape index (κ3) is 3.50. The molecule has 116 valence electrons. The maximum atomic E-state index is 4.20. The van der Waals surface area contributed by atoms with E-state index in [4.69, 9.17) is 0 Å². The Bertz CT molecular complexity index is 663. The summed E-state index contributed by atoms with van der Waals surface area (Å²) >= 11 is 5.79. The van der Waals surface area contributed by atoms with Gasteiger partial charge in [-0.15, -0.1) is 11.8 Å². The van der Waals surface area contributed by atoms with E-state index in [0.29, 0.717) is 0 Å². The molecule has 22 heavy (non-hydrogen) atoms. The first kappa shape index (κ1) is 15.0. The van der Waals surface area contributed by atoms with Crippen molar-refractivity contribution in [3.8, 4) is 0 Å². The predicted octanol–water partition coefficient (Wildman–Crippen LogP) is 4.96. The van der Waals surface area contributed by atoms with Gasteiger partial charge >= 0.3 is 0 Å². The molecule has 0 N–H and O–H groups in total. The molecule has 1 aromatic heterocycles. The second-order valence-corrected chi connectivity index (χ2v) is 8.76. The summed E-state index contributed by atoms with van der Waals surface area (Å²) in [6, 6.07) is 6.61. The number of pyridine rings is 1. The molecule has 0 spiro atoms. The Labute approximate surface area is 144 Å². The number of thioether (sulfide) groups is 1. The molecule has 2 fully saturated rings. The molecule has 0 atom stereocenters. The maximum absolute atomic E-state index is 4.20. The molecule has 4 heteroatoms. The highest BCUT2D eigenvalue weighted by atomic mass is 79.9. The average molecular weight is 377 g/mol. The van der Waals surface area contributed by atoms with Crippen LogP contribution in [-0.4, -0.2) is 34.8 Å². The van der Waals surface area contributed by atoms with E-state index in [2.05, 4.69) is 44.0 Å². The van der Waals surface area contributed by atoms with Gasteiger partial charge in [0.2, 0.25) is 0 Å². The second-order valence-electron chi connectivity index (χ2n) is 6.57. The molecule has 0 amide bonds. The Morgan fingerprint density at radius 3 is 2.73 bits per heavy atom. The van der Waals surface area contributed by atoms with Crippen LogP contribution in [0.2, 0.25) is 0 Å². The maximum Gasteiger partial charge on any atom is 0.0346 e. The van der Waals surface area contributed by atoms with Gasteiger partial charge in [0.25, 0.3) is 0 Å². The van der Waals surface area contributed by atoms with E-state index in [1.54, 1.807) is 0 Å². The zero-order valence-corrected chi connectivity index (χ0v) is 15.1. The monoisotopic (exact) mass is 376 g/mol. The van der Waals surface area contributed by atoms with Crippen LogP contribution in [0, 0.1) is 5.92 Å². The highest BCUT2D eigenvalue weighted by Crippen LogP contribution is 2.38. The van der Waals surface area contributed by atoms with Crippen LogP contribution in [-0.2, 0) is 0 Å². The van der Waals surface area contributed by atoms with Gasteiger partial charge in [-0.3, -0.25) is 4.98 Å². The first-order valence-corrected chi connectivity index (χ1v) is 9.87. The zero-order chi connectivity index (χ0) is 14.9. The molecule has 0 unspecified atom stereocenters. The van der Waals surface area contributed by atoms with E-state index in [1.165, 1.54) is 65.5 Å². The van der Waals surface area contributed by atoms with Crippen molar-refractivity contribution in [1.82, 2.24) is 9.88 Å². The number of aromatic nitrogens is 1. The van der Waals surface area contributed by atoms with Crippen molar-refractivity contribution in [2.24, 2.45) is 5.92 Å². The van der Waals surface area contributed by atoms with Crippen LogP contribution < -0.4 is 0 Å². The smallest absolute Gasteiger partial charge is 0.0346 e. The van der Waals surface area contributed by atoms with Gasteiger partial charge in [-0.2, -0.15) is 0 Å². The minimum absolute atomic E-state index is 0.756. The number of hydrogen-bond acceptors (Lipinski definition) is 3. The highest BCUT2D eigenvalue weighted by molar-refractivity contribution is 9.10. The zero-order valence-electron chi connectivity index (χ0n) is 12.7. The number of rotatable bonds is 4. The van der Waals surface area contributed by atoms with Crippen molar-refractivity contribution in [2.75, 3.05) is 19.6 Å². The molecule has 1 aliphatic heterocycles. The van der Waals surface area contributed by atoms with Gasteiger partial charge in [0.1, 0.15) is 0 Å². The van der Waals surface area contributed by atoms with E-state index < -0.39 is 0 Å².